The molecule has 27 heavy (non-hydrogen) atoms. The van der Waals surface area contributed by atoms with Gasteiger partial charge in [0.1, 0.15) is 5.69 Å². The van der Waals surface area contributed by atoms with Crippen molar-refractivity contribution in [2.45, 2.75) is 26.3 Å². The molecule has 0 saturated carbocycles. The Hall–Kier alpha value is -3.18. The van der Waals surface area contributed by atoms with E-state index in [-0.39, 0.29) is 22.7 Å². The molecule has 0 saturated heterocycles. The number of carbonyl (C=O) groups excluding carboxylic acids is 1. The Morgan fingerprint density at radius 3 is 2.19 bits per heavy atom. The van der Waals surface area contributed by atoms with E-state index >= 15 is 0 Å². The van der Waals surface area contributed by atoms with E-state index in [9.17, 15) is 9.59 Å². The highest BCUT2D eigenvalue weighted by Crippen LogP contribution is 2.38. The average Bonchev–Trinajstić information content (AvgIpc) is 3.08. The molecule has 0 unspecified atom stereocenters. The summed E-state index contributed by atoms with van der Waals surface area (Å²) in [4.78, 5) is 29.1. The first kappa shape index (κ1) is 18.6. The number of aromatic amines is 1. The van der Waals surface area contributed by atoms with Crippen molar-refractivity contribution in [1.29, 1.82) is 0 Å². The van der Waals surface area contributed by atoms with Gasteiger partial charge in [0, 0.05) is 21.1 Å². The summed E-state index contributed by atoms with van der Waals surface area (Å²) in [5.41, 5.74) is 5.10. The fraction of sp³-hybridized carbons (Fsp3) is 0.350. The van der Waals surface area contributed by atoms with Crippen molar-refractivity contribution in [1.82, 2.24) is 15.1 Å². The number of hydrogen-bond donors (Lipinski definition) is 2. The number of carbonyl (C=O) groups is 1. The number of benzene rings is 1. The number of aromatic nitrogens is 2. The molecule has 0 bridgehead atoms. The van der Waals surface area contributed by atoms with Gasteiger partial charge >= 0.3 is 0 Å². The molecule has 1 aromatic heterocycles. The van der Waals surface area contributed by atoms with Crippen LogP contribution in [-0.2, 0) is 5.54 Å². The van der Waals surface area contributed by atoms with E-state index in [1.54, 1.807) is 6.08 Å². The third kappa shape index (κ3) is 3.06. The maximum atomic E-state index is 12.9. The molecule has 2 heterocycles. The number of amides is 1. The molecule has 0 atom stereocenters. The lowest BCUT2D eigenvalue weighted by Crippen LogP contribution is -2.33. The highest BCUT2D eigenvalue weighted by atomic mass is 16.2. The maximum absolute atomic E-state index is 12.9. The summed E-state index contributed by atoms with van der Waals surface area (Å²) in [5, 5.41) is 5.52. The lowest BCUT2D eigenvalue weighted by atomic mass is 10.1. The number of rotatable bonds is 2. The molecule has 7 heteroatoms. The van der Waals surface area contributed by atoms with E-state index < -0.39 is 5.54 Å². The topological polar surface area (TPSA) is 73.4 Å². The van der Waals surface area contributed by atoms with Crippen molar-refractivity contribution in [3.63, 3.8) is 0 Å². The van der Waals surface area contributed by atoms with Crippen LogP contribution in [0, 0.1) is 0 Å². The van der Waals surface area contributed by atoms with Gasteiger partial charge in [0.2, 0.25) is 0 Å². The predicted molar refractivity (Wildman–Crippen MR) is 108 cm³/mol. The maximum Gasteiger partial charge on any atom is 0.275 e. The number of nitrogens with one attached hydrogen (secondary N) is 2. The molecule has 0 spiro atoms. The second-order valence-electron chi connectivity index (χ2n) is 7.51. The Kier molecular flexibility index (Phi) is 4.49. The van der Waals surface area contributed by atoms with Crippen molar-refractivity contribution in [2.24, 2.45) is 0 Å². The van der Waals surface area contributed by atoms with Gasteiger partial charge in [-0.05, 0) is 39.0 Å². The number of anilines is 2. The molecule has 1 aliphatic rings. The molecule has 0 aliphatic carbocycles. The van der Waals surface area contributed by atoms with Crippen molar-refractivity contribution in [3.8, 4) is 0 Å². The number of H-pyrrole nitrogens is 1. The SMILES string of the molecule is CNC(=O)c1[nH]n(C(C)(C)C)c(=O)c1C=C=C1N(C)c2ccccc2N1C. The zero-order valence-corrected chi connectivity index (χ0v) is 16.5. The molecule has 1 aliphatic heterocycles. The number of nitrogens with zero attached hydrogens (tertiary/aromatic N) is 3. The Morgan fingerprint density at radius 2 is 1.70 bits per heavy atom. The molecule has 3 rings (SSSR count). The summed E-state index contributed by atoms with van der Waals surface area (Å²) in [6, 6.07) is 8.01. The lowest BCUT2D eigenvalue weighted by Gasteiger charge is -2.19. The highest BCUT2D eigenvalue weighted by Gasteiger charge is 2.26. The summed E-state index contributed by atoms with van der Waals surface area (Å²) in [6.45, 7) is 5.71. The molecule has 0 fully saturated rings. The van der Waals surface area contributed by atoms with Gasteiger partial charge < -0.3 is 15.1 Å². The van der Waals surface area contributed by atoms with E-state index in [1.807, 2.05) is 68.9 Å². The fourth-order valence-electron chi connectivity index (χ4n) is 3.17. The molecule has 0 radical (unpaired) electrons. The average molecular weight is 367 g/mol. The first-order chi connectivity index (χ1) is 12.7. The van der Waals surface area contributed by atoms with Crippen LogP contribution in [0.3, 0.4) is 0 Å². The van der Waals surface area contributed by atoms with Crippen LogP contribution in [0.1, 0.15) is 36.8 Å². The van der Waals surface area contributed by atoms with E-state index in [0.717, 1.165) is 17.2 Å². The zero-order valence-electron chi connectivity index (χ0n) is 16.5. The van der Waals surface area contributed by atoms with E-state index in [1.165, 1.54) is 11.7 Å². The zero-order chi connectivity index (χ0) is 19.9. The first-order valence-electron chi connectivity index (χ1n) is 8.77. The first-order valence-corrected chi connectivity index (χ1v) is 8.77. The minimum absolute atomic E-state index is 0.228. The van der Waals surface area contributed by atoms with Crippen molar-refractivity contribution in [3.05, 3.63) is 57.4 Å². The molecule has 1 amide bonds. The smallest absolute Gasteiger partial charge is 0.275 e. The Labute approximate surface area is 158 Å². The van der Waals surface area contributed by atoms with Crippen molar-refractivity contribution < 1.29 is 4.79 Å². The predicted octanol–water partition coefficient (Wildman–Crippen LogP) is 2.33. The van der Waals surface area contributed by atoms with Crippen LogP contribution in [-0.4, -0.2) is 36.8 Å². The van der Waals surface area contributed by atoms with Gasteiger partial charge in [-0.25, -0.2) is 4.68 Å². The normalized spacial score (nSPS) is 13.5. The van der Waals surface area contributed by atoms with Gasteiger partial charge in [0.05, 0.1) is 22.5 Å². The lowest BCUT2D eigenvalue weighted by molar-refractivity contribution is 0.0956. The highest BCUT2D eigenvalue weighted by molar-refractivity contribution is 5.95. The van der Waals surface area contributed by atoms with E-state index in [4.69, 9.17) is 0 Å². The van der Waals surface area contributed by atoms with Crippen molar-refractivity contribution in [2.75, 3.05) is 30.9 Å². The Balaban J connectivity index is 2.16. The third-order valence-corrected chi connectivity index (χ3v) is 4.64. The second kappa shape index (κ2) is 6.52. The van der Waals surface area contributed by atoms with Crippen LogP contribution >= 0.6 is 0 Å². The molecule has 7 nitrogen and oxygen atoms in total. The summed E-state index contributed by atoms with van der Waals surface area (Å²) in [5.74, 6) is 0.450. The van der Waals surface area contributed by atoms with Gasteiger partial charge in [-0.2, -0.15) is 0 Å². The molecule has 142 valence electrons. The van der Waals surface area contributed by atoms with Crippen LogP contribution in [0.2, 0.25) is 0 Å². The van der Waals surface area contributed by atoms with Crippen LogP contribution in [0.5, 0.6) is 0 Å². The van der Waals surface area contributed by atoms with Gasteiger partial charge in [0.15, 0.2) is 5.82 Å². The second-order valence-corrected chi connectivity index (χ2v) is 7.51. The summed E-state index contributed by atoms with van der Waals surface area (Å²) < 4.78 is 1.46. The summed E-state index contributed by atoms with van der Waals surface area (Å²) >= 11 is 0. The number of hydrogen-bond acceptors (Lipinski definition) is 4. The van der Waals surface area contributed by atoms with Crippen LogP contribution in [0.15, 0.2) is 40.6 Å². The monoisotopic (exact) mass is 367 g/mol. The minimum atomic E-state index is -0.476. The fourth-order valence-corrected chi connectivity index (χ4v) is 3.17. The third-order valence-electron chi connectivity index (χ3n) is 4.64. The number of para-hydroxylation sites is 2. The van der Waals surface area contributed by atoms with Crippen LogP contribution in [0.25, 0.3) is 6.08 Å². The van der Waals surface area contributed by atoms with Gasteiger partial charge in [-0.3, -0.25) is 14.7 Å². The van der Waals surface area contributed by atoms with Crippen molar-refractivity contribution >= 4 is 23.4 Å². The standard InChI is InChI=1S/C20H25N5O2/c1-20(2,3)25-19(27)13(17(22-25)18(26)21-4)11-12-16-23(5)14-9-7-8-10-15(14)24(16)6/h7-11,22H,1-6H3,(H,21,26). The van der Waals surface area contributed by atoms with Crippen LogP contribution < -0.4 is 20.7 Å². The van der Waals surface area contributed by atoms with E-state index in [0.29, 0.717) is 0 Å². The minimum Gasteiger partial charge on any atom is -0.354 e. The molecular formula is C20H25N5O2. The molecular weight excluding hydrogens is 342 g/mol. The molecule has 1 aromatic carbocycles. The Morgan fingerprint density at radius 1 is 1.15 bits per heavy atom. The largest absolute Gasteiger partial charge is 0.354 e. The number of fused-ring (bicyclic) bond motifs is 1. The summed E-state index contributed by atoms with van der Waals surface area (Å²) in [6.07, 6.45) is 1.58. The molecule has 2 aromatic rings. The van der Waals surface area contributed by atoms with Crippen LogP contribution in [0.4, 0.5) is 11.4 Å². The quantitative estimate of drug-likeness (QED) is 0.799. The van der Waals surface area contributed by atoms with Gasteiger partial charge in [0.25, 0.3) is 11.5 Å². The Bertz CT molecular complexity index is 985. The summed E-state index contributed by atoms with van der Waals surface area (Å²) in [7, 11) is 5.43. The van der Waals surface area contributed by atoms with Gasteiger partial charge in [-0.1, -0.05) is 17.9 Å². The van der Waals surface area contributed by atoms with E-state index in [2.05, 4.69) is 16.1 Å². The molecule has 2 N–H and O–H groups in total. The van der Waals surface area contributed by atoms with Gasteiger partial charge in [-0.15, -0.1) is 0 Å².